The fraction of sp³-hybridized carbons (Fsp3) is 0.333. The Kier molecular flexibility index (Phi) is 5.23. The van der Waals surface area contributed by atoms with Crippen LogP contribution in [0.15, 0.2) is 28.7 Å². The van der Waals surface area contributed by atoms with E-state index in [0.29, 0.717) is 6.61 Å². The van der Waals surface area contributed by atoms with Gasteiger partial charge >= 0.3 is 0 Å². The summed E-state index contributed by atoms with van der Waals surface area (Å²) in [5.74, 6) is 6.61. The Bertz CT molecular complexity index is 365. The number of halogens is 1. The number of ether oxygens (including phenoxy) is 2. The number of hydrogen-bond donors (Lipinski definition) is 0. The molecule has 1 aromatic carbocycles. The van der Waals surface area contributed by atoms with Crippen LogP contribution in [-0.4, -0.2) is 19.8 Å². The van der Waals surface area contributed by atoms with E-state index in [0.717, 1.165) is 10.2 Å². The average molecular weight is 269 g/mol. The van der Waals surface area contributed by atoms with Crippen molar-refractivity contribution in [2.75, 3.05) is 13.7 Å². The molecule has 0 amide bonds. The van der Waals surface area contributed by atoms with E-state index in [-0.39, 0.29) is 6.10 Å². The quantitative estimate of drug-likeness (QED) is 0.785. The molecule has 80 valence electrons. The molecule has 0 spiro atoms. The summed E-state index contributed by atoms with van der Waals surface area (Å²) in [6.45, 7) is 2.27. The van der Waals surface area contributed by atoms with Crippen molar-refractivity contribution in [3.05, 3.63) is 28.7 Å². The van der Waals surface area contributed by atoms with Gasteiger partial charge < -0.3 is 9.47 Å². The first kappa shape index (κ1) is 12.1. The van der Waals surface area contributed by atoms with Gasteiger partial charge in [0.2, 0.25) is 0 Å². The van der Waals surface area contributed by atoms with Gasteiger partial charge in [-0.25, -0.2) is 0 Å². The van der Waals surface area contributed by atoms with Crippen LogP contribution >= 0.6 is 15.9 Å². The fourth-order valence-corrected chi connectivity index (χ4v) is 1.32. The van der Waals surface area contributed by atoms with Crippen molar-refractivity contribution < 1.29 is 9.47 Å². The second-order valence-corrected chi connectivity index (χ2v) is 3.77. The Balaban J connectivity index is 2.43. The number of hydrogen-bond acceptors (Lipinski definition) is 2. The van der Waals surface area contributed by atoms with Crippen molar-refractivity contribution in [3.8, 4) is 17.6 Å². The van der Waals surface area contributed by atoms with E-state index in [1.807, 2.05) is 31.2 Å². The molecule has 0 saturated heterocycles. The maximum absolute atomic E-state index is 5.46. The first-order valence-electron chi connectivity index (χ1n) is 4.62. The van der Waals surface area contributed by atoms with Crippen LogP contribution in [0.5, 0.6) is 5.75 Å². The molecule has 15 heavy (non-hydrogen) atoms. The molecule has 0 bridgehead atoms. The molecular formula is C12H13BrO2. The molecule has 0 fully saturated rings. The normalized spacial score (nSPS) is 11.4. The topological polar surface area (TPSA) is 18.5 Å². The summed E-state index contributed by atoms with van der Waals surface area (Å²) in [6, 6.07) is 7.69. The zero-order valence-corrected chi connectivity index (χ0v) is 10.4. The lowest BCUT2D eigenvalue weighted by atomic mass is 10.3. The summed E-state index contributed by atoms with van der Waals surface area (Å²) in [4.78, 5) is 0. The molecule has 0 aliphatic rings. The van der Waals surface area contributed by atoms with Gasteiger partial charge in [-0.1, -0.05) is 24.0 Å². The largest absolute Gasteiger partial charge is 0.480 e. The third kappa shape index (κ3) is 4.37. The standard InChI is InChI=1S/C12H13BrO2/c1-10(14-2)6-5-9-15-12-8-4-3-7-11(12)13/h3-4,7-8,10H,9H2,1-2H3. The molecule has 0 aliphatic carbocycles. The summed E-state index contributed by atoms with van der Waals surface area (Å²) < 4.78 is 11.4. The molecule has 0 aromatic heterocycles. The van der Waals surface area contributed by atoms with Gasteiger partial charge in [0.05, 0.1) is 4.47 Å². The summed E-state index contributed by atoms with van der Waals surface area (Å²) in [6.07, 6.45) is -0.0483. The third-order valence-corrected chi connectivity index (χ3v) is 2.45. The maximum Gasteiger partial charge on any atom is 0.149 e. The van der Waals surface area contributed by atoms with Crippen molar-refractivity contribution in [1.82, 2.24) is 0 Å². The zero-order valence-electron chi connectivity index (χ0n) is 8.79. The van der Waals surface area contributed by atoms with Crippen molar-refractivity contribution in [1.29, 1.82) is 0 Å². The van der Waals surface area contributed by atoms with Gasteiger partial charge in [0.15, 0.2) is 0 Å². The van der Waals surface area contributed by atoms with Crippen molar-refractivity contribution in [2.24, 2.45) is 0 Å². The lowest BCUT2D eigenvalue weighted by molar-refractivity contribution is 0.163. The Morgan fingerprint density at radius 3 is 2.80 bits per heavy atom. The Labute approximate surface area is 98.7 Å². The van der Waals surface area contributed by atoms with Crippen LogP contribution in [0.4, 0.5) is 0 Å². The summed E-state index contributed by atoms with van der Waals surface area (Å²) in [7, 11) is 1.63. The van der Waals surface area contributed by atoms with Crippen LogP contribution in [0.1, 0.15) is 6.92 Å². The van der Waals surface area contributed by atoms with Crippen LogP contribution in [0.3, 0.4) is 0 Å². The number of methoxy groups -OCH3 is 1. The van der Waals surface area contributed by atoms with Gasteiger partial charge in [0.25, 0.3) is 0 Å². The van der Waals surface area contributed by atoms with Crippen molar-refractivity contribution in [3.63, 3.8) is 0 Å². The third-order valence-electron chi connectivity index (χ3n) is 1.80. The zero-order chi connectivity index (χ0) is 11.1. The predicted octanol–water partition coefficient (Wildman–Crippen LogP) is 2.87. The molecule has 2 nitrogen and oxygen atoms in total. The highest BCUT2D eigenvalue weighted by Gasteiger charge is 1.96. The summed E-state index contributed by atoms with van der Waals surface area (Å²) in [5.41, 5.74) is 0. The van der Waals surface area contributed by atoms with Crippen LogP contribution in [0.25, 0.3) is 0 Å². The van der Waals surface area contributed by atoms with Crippen molar-refractivity contribution >= 4 is 15.9 Å². The van der Waals surface area contributed by atoms with Gasteiger partial charge in [-0.15, -0.1) is 0 Å². The van der Waals surface area contributed by atoms with Crippen LogP contribution < -0.4 is 4.74 Å². The maximum atomic E-state index is 5.46. The highest BCUT2D eigenvalue weighted by molar-refractivity contribution is 9.10. The molecule has 0 N–H and O–H groups in total. The second-order valence-electron chi connectivity index (χ2n) is 2.92. The lowest BCUT2D eigenvalue weighted by Crippen LogP contribution is -2.01. The molecule has 1 rings (SSSR count). The molecule has 0 aliphatic heterocycles. The SMILES string of the molecule is COC(C)C#CCOc1ccccc1Br. The molecule has 0 saturated carbocycles. The first-order valence-corrected chi connectivity index (χ1v) is 5.42. The van der Waals surface area contributed by atoms with E-state index in [1.54, 1.807) is 7.11 Å². The molecule has 3 heteroatoms. The first-order chi connectivity index (χ1) is 7.24. The highest BCUT2D eigenvalue weighted by Crippen LogP contribution is 2.23. The minimum absolute atomic E-state index is 0.0483. The van der Waals surface area contributed by atoms with E-state index in [1.165, 1.54) is 0 Å². The van der Waals surface area contributed by atoms with E-state index < -0.39 is 0 Å². The van der Waals surface area contributed by atoms with Crippen LogP contribution in [0, 0.1) is 11.8 Å². The van der Waals surface area contributed by atoms with Gasteiger partial charge in [-0.05, 0) is 35.0 Å². The van der Waals surface area contributed by atoms with E-state index in [9.17, 15) is 0 Å². The Hall–Kier alpha value is -0.980. The number of rotatable bonds is 3. The molecule has 0 heterocycles. The number of para-hydroxylation sites is 1. The monoisotopic (exact) mass is 268 g/mol. The Morgan fingerprint density at radius 1 is 1.40 bits per heavy atom. The average Bonchev–Trinajstić information content (AvgIpc) is 2.26. The molecule has 1 aromatic rings. The summed E-state index contributed by atoms with van der Waals surface area (Å²) in [5, 5.41) is 0. The molecule has 1 atom stereocenters. The van der Waals surface area contributed by atoms with E-state index in [4.69, 9.17) is 9.47 Å². The minimum Gasteiger partial charge on any atom is -0.480 e. The molecular weight excluding hydrogens is 256 g/mol. The Morgan fingerprint density at radius 2 is 2.13 bits per heavy atom. The van der Waals surface area contributed by atoms with Crippen LogP contribution in [-0.2, 0) is 4.74 Å². The van der Waals surface area contributed by atoms with Crippen molar-refractivity contribution in [2.45, 2.75) is 13.0 Å². The predicted molar refractivity (Wildman–Crippen MR) is 63.9 cm³/mol. The highest BCUT2D eigenvalue weighted by atomic mass is 79.9. The second kappa shape index (κ2) is 6.49. The smallest absolute Gasteiger partial charge is 0.149 e. The van der Waals surface area contributed by atoms with Gasteiger partial charge in [-0.2, -0.15) is 0 Å². The molecule has 1 unspecified atom stereocenters. The van der Waals surface area contributed by atoms with E-state index in [2.05, 4.69) is 27.8 Å². The minimum atomic E-state index is -0.0483. The van der Waals surface area contributed by atoms with Crippen LogP contribution in [0.2, 0.25) is 0 Å². The van der Waals surface area contributed by atoms with Gasteiger partial charge in [-0.3, -0.25) is 0 Å². The molecule has 0 radical (unpaired) electrons. The summed E-state index contributed by atoms with van der Waals surface area (Å²) >= 11 is 3.39. The van der Waals surface area contributed by atoms with Gasteiger partial charge in [0, 0.05) is 7.11 Å². The van der Waals surface area contributed by atoms with E-state index >= 15 is 0 Å². The number of benzene rings is 1. The fourth-order valence-electron chi connectivity index (χ4n) is 0.920. The van der Waals surface area contributed by atoms with Gasteiger partial charge in [0.1, 0.15) is 18.5 Å². The lowest BCUT2D eigenvalue weighted by Gasteiger charge is -2.03.